The molecule has 160 valence electrons. The Hall–Kier alpha value is -3.17. The fraction of sp³-hybridized carbons (Fsp3) is 0.550. The normalized spacial score (nSPS) is 18.7. The number of likely N-dealkylation sites (N-methyl/N-ethyl adjacent to an activating group) is 2. The summed E-state index contributed by atoms with van der Waals surface area (Å²) in [4.78, 5) is 23.7. The maximum atomic E-state index is 11.9. The van der Waals surface area contributed by atoms with Gasteiger partial charge in [-0.1, -0.05) is 19.8 Å². The minimum atomic E-state index is -0.216. The number of aryl methyl sites for hydroxylation is 1. The van der Waals surface area contributed by atoms with Crippen LogP contribution in [0.3, 0.4) is 0 Å². The Labute approximate surface area is 176 Å². The molecular formula is C20H29N9O. The van der Waals surface area contributed by atoms with E-state index in [1.165, 1.54) is 12.8 Å². The Bertz CT molecular complexity index is 961. The molecule has 3 heterocycles. The average Bonchev–Trinajstić information content (AvgIpc) is 3.43. The van der Waals surface area contributed by atoms with Gasteiger partial charge in [-0.2, -0.15) is 4.98 Å². The first kappa shape index (κ1) is 20.1. The van der Waals surface area contributed by atoms with Gasteiger partial charge in [-0.25, -0.2) is 4.98 Å². The molecular weight excluding hydrogens is 382 g/mol. The van der Waals surface area contributed by atoms with Gasteiger partial charge in [0.05, 0.1) is 12.2 Å². The molecule has 4 rings (SSSR count). The minimum absolute atomic E-state index is 0.124. The highest BCUT2D eigenvalue weighted by Gasteiger charge is 2.39. The molecule has 2 aromatic heterocycles. The Kier molecular flexibility index (Phi) is 5.56. The summed E-state index contributed by atoms with van der Waals surface area (Å²) in [5.41, 5.74) is 1.30. The zero-order chi connectivity index (χ0) is 21.3. The lowest BCUT2D eigenvalue weighted by molar-refractivity contribution is -0.117. The third-order valence-corrected chi connectivity index (χ3v) is 5.91. The molecule has 2 aliphatic rings. The number of hydrogen-bond donors (Lipinski definition) is 3. The van der Waals surface area contributed by atoms with Gasteiger partial charge in [0.2, 0.25) is 5.95 Å². The molecule has 0 spiro atoms. The van der Waals surface area contributed by atoms with Crippen molar-refractivity contribution < 1.29 is 4.79 Å². The van der Waals surface area contributed by atoms with Crippen molar-refractivity contribution in [1.29, 1.82) is 0 Å². The molecule has 1 amide bonds. The number of nitrogens with zero attached hydrogens (tertiary/aromatic N) is 6. The molecule has 1 saturated carbocycles. The topological polar surface area (TPSA) is 113 Å². The van der Waals surface area contributed by atoms with E-state index in [-0.39, 0.29) is 11.9 Å². The van der Waals surface area contributed by atoms with E-state index in [9.17, 15) is 4.79 Å². The number of rotatable bonds is 6. The number of aromatic nitrogens is 5. The first-order valence-electron chi connectivity index (χ1n) is 10.5. The molecule has 10 nitrogen and oxygen atoms in total. The van der Waals surface area contributed by atoms with Gasteiger partial charge in [-0.3, -0.25) is 9.36 Å². The highest BCUT2D eigenvalue weighted by molar-refractivity contribution is 5.92. The van der Waals surface area contributed by atoms with Gasteiger partial charge in [0.25, 0.3) is 5.91 Å². The molecule has 2 aromatic rings. The molecule has 0 unspecified atom stereocenters. The molecule has 0 saturated heterocycles. The van der Waals surface area contributed by atoms with Gasteiger partial charge in [0, 0.05) is 26.3 Å². The average molecular weight is 412 g/mol. The van der Waals surface area contributed by atoms with Gasteiger partial charge in [-0.05, 0) is 26.2 Å². The van der Waals surface area contributed by atoms with Gasteiger partial charge < -0.3 is 20.9 Å². The van der Waals surface area contributed by atoms with Gasteiger partial charge in [0.1, 0.15) is 17.2 Å². The van der Waals surface area contributed by atoms with E-state index in [0.29, 0.717) is 17.7 Å². The summed E-state index contributed by atoms with van der Waals surface area (Å²) in [6.07, 6.45) is 9.07. The fourth-order valence-electron chi connectivity index (χ4n) is 4.46. The number of fused-ring (bicyclic) bond motifs is 3. The smallest absolute Gasteiger partial charge is 0.268 e. The van der Waals surface area contributed by atoms with Crippen LogP contribution in [0.2, 0.25) is 0 Å². The van der Waals surface area contributed by atoms with Crippen molar-refractivity contribution in [2.45, 2.75) is 58.0 Å². The summed E-state index contributed by atoms with van der Waals surface area (Å²) < 4.78 is 2.07. The highest BCUT2D eigenvalue weighted by atomic mass is 16.2. The van der Waals surface area contributed by atoms with Crippen LogP contribution in [-0.4, -0.2) is 50.8 Å². The van der Waals surface area contributed by atoms with Crippen molar-refractivity contribution in [3.05, 3.63) is 29.7 Å². The quantitative estimate of drug-likeness (QED) is 0.617. The Balaban J connectivity index is 1.77. The number of amides is 1. The van der Waals surface area contributed by atoms with Crippen molar-refractivity contribution in [2.24, 2.45) is 0 Å². The Morgan fingerprint density at radius 1 is 1.23 bits per heavy atom. The number of carbonyl (C=O) groups excluding carboxylic acids is 1. The summed E-state index contributed by atoms with van der Waals surface area (Å²) >= 11 is 0. The number of anilines is 2. The van der Waals surface area contributed by atoms with E-state index in [4.69, 9.17) is 4.98 Å². The Morgan fingerprint density at radius 2 is 2.00 bits per heavy atom. The zero-order valence-corrected chi connectivity index (χ0v) is 17.9. The molecule has 0 bridgehead atoms. The van der Waals surface area contributed by atoms with Crippen LogP contribution in [0.25, 0.3) is 5.69 Å². The van der Waals surface area contributed by atoms with Crippen molar-refractivity contribution in [2.75, 3.05) is 24.3 Å². The van der Waals surface area contributed by atoms with E-state index in [1.54, 1.807) is 20.3 Å². The molecule has 3 N–H and O–H groups in total. The van der Waals surface area contributed by atoms with Gasteiger partial charge in [-0.15, -0.1) is 10.2 Å². The van der Waals surface area contributed by atoms with Gasteiger partial charge >= 0.3 is 0 Å². The molecule has 1 atom stereocenters. The third-order valence-electron chi connectivity index (χ3n) is 5.91. The number of nitrogens with one attached hydrogen (secondary N) is 3. The Morgan fingerprint density at radius 3 is 2.67 bits per heavy atom. The highest BCUT2D eigenvalue weighted by Crippen LogP contribution is 2.43. The molecule has 10 heteroatoms. The standard InChI is InChI=1S/C20H29N9O/c1-5-15-18-27-26-12(2)28(18)16-11-24-20(23-10-14(21-3)19(30)22-4)25-17(16)29(15)13-8-6-7-9-13/h10-11,13,15,21H,5-9H2,1-4H3,(H,22,30)(H,23,24,25)/b14-10-/t15-/m1/s1. The lowest BCUT2D eigenvalue weighted by atomic mass is 10.0. The SMILES string of the molecule is CC[C@@H]1c2nnc(C)n2-c2cnc(N/C=C(\NC)C(=O)NC)nc2N1C1CCCC1. The van der Waals surface area contributed by atoms with Crippen LogP contribution in [0.1, 0.15) is 56.7 Å². The monoisotopic (exact) mass is 411 g/mol. The summed E-state index contributed by atoms with van der Waals surface area (Å²) in [6.45, 7) is 4.13. The van der Waals surface area contributed by atoms with Crippen molar-refractivity contribution in [3.63, 3.8) is 0 Å². The van der Waals surface area contributed by atoms with E-state index in [0.717, 1.165) is 42.4 Å². The first-order valence-corrected chi connectivity index (χ1v) is 10.5. The largest absolute Gasteiger partial charge is 0.382 e. The van der Waals surface area contributed by atoms with Crippen LogP contribution in [0.4, 0.5) is 11.8 Å². The van der Waals surface area contributed by atoms with Crippen LogP contribution in [0.5, 0.6) is 0 Å². The number of hydrogen-bond acceptors (Lipinski definition) is 8. The van der Waals surface area contributed by atoms with Crippen LogP contribution < -0.4 is 20.9 Å². The summed E-state index contributed by atoms with van der Waals surface area (Å²) in [6, 6.07) is 0.551. The molecule has 1 fully saturated rings. The molecule has 1 aliphatic carbocycles. The molecule has 0 aromatic carbocycles. The van der Waals surface area contributed by atoms with Crippen molar-refractivity contribution in [1.82, 2.24) is 35.4 Å². The second-order valence-corrected chi connectivity index (χ2v) is 7.64. The van der Waals surface area contributed by atoms with Gasteiger partial charge in [0.15, 0.2) is 11.6 Å². The second kappa shape index (κ2) is 8.29. The van der Waals surface area contributed by atoms with E-state index < -0.39 is 0 Å². The lowest BCUT2D eigenvalue weighted by Crippen LogP contribution is -2.42. The third kappa shape index (κ3) is 3.35. The predicted octanol–water partition coefficient (Wildman–Crippen LogP) is 1.80. The second-order valence-electron chi connectivity index (χ2n) is 7.64. The van der Waals surface area contributed by atoms with Crippen LogP contribution in [0.15, 0.2) is 18.1 Å². The molecule has 0 radical (unpaired) electrons. The first-order chi connectivity index (χ1) is 14.6. The predicted molar refractivity (Wildman–Crippen MR) is 114 cm³/mol. The van der Waals surface area contributed by atoms with Crippen LogP contribution in [-0.2, 0) is 4.79 Å². The van der Waals surface area contributed by atoms with E-state index >= 15 is 0 Å². The zero-order valence-electron chi connectivity index (χ0n) is 17.9. The maximum absolute atomic E-state index is 11.9. The van der Waals surface area contributed by atoms with Crippen LogP contribution in [0, 0.1) is 6.92 Å². The summed E-state index contributed by atoms with van der Waals surface area (Å²) in [5, 5.41) is 17.4. The van der Waals surface area contributed by atoms with Crippen molar-refractivity contribution >= 4 is 17.7 Å². The fourth-order valence-corrected chi connectivity index (χ4v) is 4.46. The van der Waals surface area contributed by atoms with E-state index in [1.807, 2.05) is 13.1 Å². The lowest BCUT2D eigenvalue weighted by Gasteiger charge is -2.41. The van der Waals surface area contributed by atoms with Crippen molar-refractivity contribution in [3.8, 4) is 5.69 Å². The minimum Gasteiger partial charge on any atom is -0.382 e. The molecule has 30 heavy (non-hydrogen) atoms. The van der Waals surface area contributed by atoms with E-state index in [2.05, 4.69) is 47.5 Å². The summed E-state index contributed by atoms with van der Waals surface area (Å²) in [7, 11) is 3.28. The van der Waals surface area contributed by atoms with Crippen LogP contribution >= 0.6 is 0 Å². The maximum Gasteiger partial charge on any atom is 0.268 e. The molecule has 1 aliphatic heterocycles. The number of carbonyl (C=O) groups is 1. The summed E-state index contributed by atoms with van der Waals surface area (Å²) in [5.74, 6) is 2.90.